The maximum Gasteiger partial charge on any atom is 0.418 e. The number of hydrogen-bond donors (Lipinski definition) is 2. The van der Waals surface area contributed by atoms with Gasteiger partial charge < -0.3 is 10.7 Å². The van der Waals surface area contributed by atoms with Gasteiger partial charge in [0.25, 0.3) is 0 Å². The molecule has 0 aliphatic heterocycles. The summed E-state index contributed by atoms with van der Waals surface area (Å²) in [5, 5.41) is 9.41. The van der Waals surface area contributed by atoms with Crippen molar-refractivity contribution in [1.29, 1.82) is 5.41 Å². The number of anilines is 1. The van der Waals surface area contributed by atoms with Crippen molar-refractivity contribution in [3.8, 4) is 0 Å². The first-order chi connectivity index (χ1) is 6.50. The molecule has 0 saturated heterocycles. The van der Waals surface area contributed by atoms with E-state index in [4.69, 9.17) is 5.41 Å². The molecule has 0 amide bonds. The Morgan fingerprint density at radius 3 is 2.43 bits per heavy atom. The number of alkyl halides is 3. The van der Waals surface area contributed by atoms with Crippen LogP contribution in [0.5, 0.6) is 0 Å². The van der Waals surface area contributed by atoms with Gasteiger partial charge in [0.15, 0.2) is 0 Å². The molecule has 0 unspecified atom stereocenters. The van der Waals surface area contributed by atoms with Crippen LogP contribution in [0.2, 0.25) is 0 Å². The van der Waals surface area contributed by atoms with Crippen LogP contribution >= 0.6 is 0 Å². The number of para-hydroxylation sites is 1. The van der Waals surface area contributed by atoms with Gasteiger partial charge in [0.05, 0.1) is 11.3 Å². The average molecular weight is 202 g/mol. The average Bonchev–Trinajstić information content (AvgIpc) is 2.15. The Kier molecular flexibility index (Phi) is 2.78. The van der Waals surface area contributed by atoms with Gasteiger partial charge in [-0.2, -0.15) is 13.2 Å². The third-order valence-corrected chi connectivity index (χ3v) is 1.81. The van der Waals surface area contributed by atoms with Crippen molar-refractivity contribution < 1.29 is 13.2 Å². The fourth-order valence-electron chi connectivity index (χ4n) is 1.21. The van der Waals surface area contributed by atoms with Crippen LogP contribution in [0.3, 0.4) is 0 Å². The molecule has 0 aliphatic rings. The Bertz CT molecular complexity index is 344. The van der Waals surface area contributed by atoms with Gasteiger partial charge in [-0.25, -0.2) is 0 Å². The lowest BCUT2D eigenvalue weighted by Gasteiger charge is -2.14. The Labute approximate surface area is 79.3 Å². The van der Waals surface area contributed by atoms with Gasteiger partial charge in [-0.1, -0.05) is 12.1 Å². The predicted molar refractivity (Wildman–Crippen MR) is 48.9 cm³/mol. The maximum absolute atomic E-state index is 12.4. The third kappa shape index (κ3) is 1.86. The number of halogens is 3. The highest BCUT2D eigenvalue weighted by Crippen LogP contribution is 2.35. The molecular formula is C9H9F3N2. The summed E-state index contributed by atoms with van der Waals surface area (Å²) in [6, 6.07) is 3.72. The van der Waals surface area contributed by atoms with Gasteiger partial charge in [-0.15, -0.1) is 0 Å². The third-order valence-electron chi connectivity index (χ3n) is 1.81. The molecule has 0 fully saturated rings. The Morgan fingerprint density at radius 2 is 2.00 bits per heavy atom. The second kappa shape index (κ2) is 3.69. The van der Waals surface area contributed by atoms with Crippen molar-refractivity contribution in [2.45, 2.75) is 6.18 Å². The second-order valence-electron chi connectivity index (χ2n) is 2.66. The molecule has 0 aliphatic carbocycles. The zero-order chi connectivity index (χ0) is 10.8. The summed E-state index contributed by atoms with van der Waals surface area (Å²) in [5.74, 6) is 0. The largest absolute Gasteiger partial charge is 0.418 e. The summed E-state index contributed by atoms with van der Waals surface area (Å²) in [5.41, 5.74) is -0.585. The van der Waals surface area contributed by atoms with Crippen LogP contribution in [-0.4, -0.2) is 13.3 Å². The summed E-state index contributed by atoms with van der Waals surface area (Å²) in [6.45, 7) is 0. The molecule has 1 aromatic rings. The molecule has 0 atom stereocenters. The zero-order valence-electron chi connectivity index (χ0n) is 7.44. The maximum atomic E-state index is 12.4. The van der Waals surface area contributed by atoms with Crippen molar-refractivity contribution >= 4 is 11.9 Å². The molecule has 5 heteroatoms. The van der Waals surface area contributed by atoms with Gasteiger partial charge in [0, 0.05) is 18.8 Å². The SMILES string of the molecule is CNc1c(C=N)cccc1C(F)(F)F. The molecule has 0 heterocycles. The van der Waals surface area contributed by atoms with E-state index in [0.29, 0.717) is 0 Å². The standard InChI is InChI=1S/C9H9F3N2/c1-14-8-6(5-13)3-2-4-7(8)9(10,11)12/h2-5,13-14H,1H3. The molecule has 76 valence electrons. The molecule has 2 nitrogen and oxygen atoms in total. The van der Waals surface area contributed by atoms with Gasteiger partial charge in [0.2, 0.25) is 0 Å². The normalized spacial score (nSPS) is 11.1. The number of benzene rings is 1. The first kappa shape index (κ1) is 10.6. The van der Waals surface area contributed by atoms with E-state index in [2.05, 4.69) is 5.32 Å². The summed E-state index contributed by atoms with van der Waals surface area (Å²) >= 11 is 0. The van der Waals surface area contributed by atoms with Gasteiger partial charge in [-0.05, 0) is 6.07 Å². The fourth-order valence-corrected chi connectivity index (χ4v) is 1.21. The molecular weight excluding hydrogens is 193 g/mol. The Morgan fingerprint density at radius 1 is 1.36 bits per heavy atom. The molecule has 0 aromatic heterocycles. The first-order valence-corrected chi connectivity index (χ1v) is 3.89. The lowest BCUT2D eigenvalue weighted by Crippen LogP contribution is -2.10. The van der Waals surface area contributed by atoms with Gasteiger partial charge in [0.1, 0.15) is 0 Å². The van der Waals surface area contributed by atoms with Crippen LogP contribution in [0.4, 0.5) is 18.9 Å². The number of nitrogens with one attached hydrogen (secondary N) is 2. The summed E-state index contributed by atoms with van der Waals surface area (Å²) in [4.78, 5) is 0. The predicted octanol–water partition coefficient (Wildman–Crippen LogP) is 2.74. The topological polar surface area (TPSA) is 35.9 Å². The summed E-state index contributed by atoms with van der Waals surface area (Å²) in [7, 11) is 1.40. The van der Waals surface area contributed by atoms with E-state index in [0.717, 1.165) is 12.3 Å². The molecule has 0 radical (unpaired) electrons. The Balaban J connectivity index is 3.36. The fraction of sp³-hybridized carbons (Fsp3) is 0.222. The highest BCUT2D eigenvalue weighted by atomic mass is 19.4. The van der Waals surface area contributed by atoms with E-state index < -0.39 is 11.7 Å². The monoisotopic (exact) mass is 202 g/mol. The Hall–Kier alpha value is -1.52. The van der Waals surface area contributed by atoms with Crippen LogP contribution in [0.25, 0.3) is 0 Å². The molecule has 2 N–H and O–H groups in total. The summed E-state index contributed by atoms with van der Waals surface area (Å²) < 4.78 is 37.3. The van der Waals surface area contributed by atoms with Crippen molar-refractivity contribution in [2.24, 2.45) is 0 Å². The van der Waals surface area contributed by atoms with E-state index >= 15 is 0 Å². The van der Waals surface area contributed by atoms with Crippen LogP contribution in [0.1, 0.15) is 11.1 Å². The van der Waals surface area contributed by atoms with E-state index in [1.54, 1.807) is 0 Å². The highest BCUT2D eigenvalue weighted by molar-refractivity contribution is 5.87. The van der Waals surface area contributed by atoms with Crippen LogP contribution < -0.4 is 5.32 Å². The highest BCUT2D eigenvalue weighted by Gasteiger charge is 2.33. The van der Waals surface area contributed by atoms with E-state index in [1.165, 1.54) is 19.2 Å². The molecule has 1 aromatic carbocycles. The lowest BCUT2D eigenvalue weighted by molar-refractivity contribution is -0.136. The van der Waals surface area contributed by atoms with Crippen LogP contribution in [0.15, 0.2) is 18.2 Å². The van der Waals surface area contributed by atoms with Crippen molar-refractivity contribution in [3.63, 3.8) is 0 Å². The van der Waals surface area contributed by atoms with E-state index in [1.807, 2.05) is 0 Å². The minimum Gasteiger partial charge on any atom is -0.387 e. The van der Waals surface area contributed by atoms with Crippen LogP contribution in [-0.2, 0) is 6.18 Å². The summed E-state index contributed by atoms with van der Waals surface area (Å²) in [6.07, 6.45) is -3.50. The van der Waals surface area contributed by atoms with E-state index in [9.17, 15) is 13.2 Å². The number of hydrogen-bond acceptors (Lipinski definition) is 2. The van der Waals surface area contributed by atoms with Gasteiger partial charge in [-0.3, -0.25) is 0 Å². The molecule has 0 bridgehead atoms. The van der Waals surface area contributed by atoms with E-state index in [-0.39, 0.29) is 11.3 Å². The first-order valence-electron chi connectivity index (χ1n) is 3.89. The minimum atomic E-state index is -4.39. The smallest absolute Gasteiger partial charge is 0.387 e. The number of rotatable bonds is 2. The second-order valence-corrected chi connectivity index (χ2v) is 2.66. The lowest BCUT2D eigenvalue weighted by atomic mass is 10.1. The van der Waals surface area contributed by atoms with Crippen molar-refractivity contribution in [2.75, 3.05) is 12.4 Å². The van der Waals surface area contributed by atoms with Crippen molar-refractivity contribution in [1.82, 2.24) is 0 Å². The molecule has 0 saturated carbocycles. The minimum absolute atomic E-state index is 0.0602. The molecule has 1 rings (SSSR count). The molecule has 0 spiro atoms. The zero-order valence-corrected chi connectivity index (χ0v) is 7.44. The van der Waals surface area contributed by atoms with Crippen molar-refractivity contribution in [3.05, 3.63) is 29.3 Å². The molecule has 14 heavy (non-hydrogen) atoms. The quantitative estimate of drug-likeness (QED) is 0.710. The van der Waals surface area contributed by atoms with Gasteiger partial charge >= 0.3 is 6.18 Å². The van der Waals surface area contributed by atoms with Crippen LogP contribution in [0, 0.1) is 5.41 Å².